The topological polar surface area (TPSA) is 46.0 Å². The molecule has 13 rings (SSSR count). The van der Waals surface area contributed by atoms with Crippen molar-refractivity contribution in [3.05, 3.63) is 256 Å². The van der Waals surface area contributed by atoms with Gasteiger partial charge in [-0.3, -0.25) is 4.99 Å². The zero-order valence-electron chi connectivity index (χ0n) is 42.0. The predicted molar refractivity (Wildman–Crippen MR) is 315 cm³/mol. The van der Waals surface area contributed by atoms with Crippen LogP contribution in [0, 0.1) is 0 Å². The van der Waals surface area contributed by atoms with Crippen molar-refractivity contribution >= 4 is 88.5 Å². The number of nitrogens with zero attached hydrogens (tertiary/aromatic N) is 4. The molecule has 0 saturated carbocycles. The Morgan fingerprint density at radius 3 is 2.09 bits per heavy atom. The van der Waals surface area contributed by atoms with Crippen molar-refractivity contribution in [3.63, 3.8) is 0 Å². The van der Waals surface area contributed by atoms with E-state index in [1.54, 1.807) is 0 Å². The summed E-state index contributed by atoms with van der Waals surface area (Å²) in [5.41, 5.74) is 15.5. The van der Waals surface area contributed by atoms with Gasteiger partial charge in [-0.2, -0.15) is 0 Å². The fourth-order valence-corrected chi connectivity index (χ4v) is 11.9. The van der Waals surface area contributed by atoms with Gasteiger partial charge in [0.05, 0.1) is 11.0 Å². The summed E-state index contributed by atoms with van der Waals surface area (Å²) in [7, 11) is 3.92. The van der Waals surface area contributed by atoms with Gasteiger partial charge in [0.25, 0.3) is 0 Å². The molecule has 3 aromatic heterocycles. The molecule has 0 bridgehead atoms. The first-order valence-corrected chi connectivity index (χ1v) is 26.3. The Balaban J connectivity index is 0.00000275. The summed E-state index contributed by atoms with van der Waals surface area (Å²) in [6.07, 6.45) is 7.66. The minimum atomic E-state index is 0.638. The van der Waals surface area contributed by atoms with Crippen LogP contribution in [0.5, 0.6) is 0 Å². The largest absolute Gasteiger partial charge is 0.456 e. The van der Waals surface area contributed by atoms with Gasteiger partial charge in [0.2, 0.25) is 0 Å². The molecule has 0 amide bonds. The Hall–Kier alpha value is -8.84. The Kier molecular flexibility index (Phi) is 12.5. The maximum atomic E-state index is 6.38. The summed E-state index contributed by atoms with van der Waals surface area (Å²) in [6, 6.07) is 76.2. The lowest BCUT2D eigenvalue weighted by molar-refractivity contribution is 0.502. The van der Waals surface area contributed by atoms with Crippen LogP contribution in [0.3, 0.4) is 0 Å². The lowest BCUT2D eigenvalue weighted by Crippen LogP contribution is -2.28. The summed E-state index contributed by atoms with van der Waals surface area (Å²) in [6.45, 7) is 4.67. The highest BCUT2D eigenvalue weighted by atomic mass is 32.1. The van der Waals surface area contributed by atoms with Gasteiger partial charge >= 0.3 is 0 Å². The number of aromatic nitrogens is 1. The SMILES string of the molecule is CC.CN=C(N=C(c1ccc2c(c1)oc1ccccc12)N(C)Cc1ccccc1)c1ccc(-n2c3ccc(-c4ccccc4)cc3c3cccc(-c4cccc(C5=c6sc7ccccc7c6=CC=CC5)c4)c32)cc1. The minimum absolute atomic E-state index is 0.638. The molecule has 358 valence electrons. The van der Waals surface area contributed by atoms with Crippen LogP contribution in [0.2, 0.25) is 0 Å². The number of para-hydroxylation sites is 2. The average molecular weight is 975 g/mol. The number of hydrogen-bond acceptors (Lipinski definition) is 3. The molecule has 12 aromatic rings. The highest BCUT2D eigenvalue weighted by Crippen LogP contribution is 2.41. The normalized spacial score (nSPS) is 12.8. The second-order valence-electron chi connectivity index (χ2n) is 18.5. The fourth-order valence-electron chi connectivity index (χ4n) is 10.7. The molecule has 0 saturated heterocycles. The number of amidine groups is 2. The van der Waals surface area contributed by atoms with E-state index < -0.39 is 0 Å². The zero-order valence-corrected chi connectivity index (χ0v) is 42.8. The fraction of sp³-hybridized carbons (Fsp3) is 0.0882. The molecule has 5 nitrogen and oxygen atoms in total. The van der Waals surface area contributed by atoms with Crippen LogP contribution < -0.4 is 9.75 Å². The number of aliphatic imine (C=N–C) groups is 2. The van der Waals surface area contributed by atoms with Crippen LogP contribution >= 0.6 is 11.3 Å². The quantitative estimate of drug-likeness (QED) is 0.112. The third-order valence-electron chi connectivity index (χ3n) is 14.1. The van der Waals surface area contributed by atoms with Crippen LogP contribution in [-0.4, -0.2) is 35.2 Å². The molecule has 0 unspecified atom stereocenters. The van der Waals surface area contributed by atoms with Gasteiger partial charge in [-0.1, -0.05) is 178 Å². The van der Waals surface area contributed by atoms with E-state index in [4.69, 9.17) is 14.4 Å². The lowest BCUT2D eigenvalue weighted by Gasteiger charge is -2.22. The third kappa shape index (κ3) is 8.43. The van der Waals surface area contributed by atoms with Crippen molar-refractivity contribution in [3.8, 4) is 27.9 Å². The number of benzene rings is 9. The minimum Gasteiger partial charge on any atom is -0.456 e. The summed E-state index contributed by atoms with van der Waals surface area (Å²) < 4.78 is 11.5. The van der Waals surface area contributed by atoms with Crippen LogP contribution in [-0.2, 0) is 6.54 Å². The first-order valence-electron chi connectivity index (χ1n) is 25.5. The number of rotatable bonds is 8. The maximum absolute atomic E-state index is 6.38. The van der Waals surface area contributed by atoms with E-state index in [2.05, 4.69) is 235 Å². The van der Waals surface area contributed by atoms with Gasteiger partial charge in [-0.25, -0.2) is 4.99 Å². The van der Waals surface area contributed by atoms with E-state index in [1.165, 1.54) is 69.6 Å². The molecule has 6 heteroatoms. The smallest absolute Gasteiger partial charge is 0.156 e. The number of hydrogen-bond donors (Lipinski definition) is 0. The van der Waals surface area contributed by atoms with E-state index in [0.717, 1.165) is 62.0 Å². The van der Waals surface area contributed by atoms with E-state index in [9.17, 15) is 0 Å². The molecular weight excluding hydrogens is 921 g/mol. The van der Waals surface area contributed by atoms with Crippen LogP contribution in [0.1, 0.15) is 42.5 Å². The summed E-state index contributed by atoms with van der Waals surface area (Å²) in [5, 5.41) is 7.21. The van der Waals surface area contributed by atoms with E-state index >= 15 is 0 Å². The van der Waals surface area contributed by atoms with Crippen LogP contribution in [0.25, 0.3) is 93.4 Å². The van der Waals surface area contributed by atoms with E-state index in [-0.39, 0.29) is 0 Å². The van der Waals surface area contributed by atoms with Crippen LogP contribution in [0.4, 0.5) is 0 Å². The Morgan fingerprint density at radius 1 is 0.581 bits per heavy atom. The zero-order chi connectivity index (χ0) is 50.1. The Morgan fingerprint density at radius 2 is 1.27 bits per heavy atom. The summed E-state index contributed by atoms with van der Waals surface area (Å²) >= 11 is 1.90. The Bertz CT molecular complexity index is 4290. The van der Waals surface area contributed by atoms with Crippen molar-refractivity contribution in [2.24, 2.45) is 9.98 Å². The number of fused-ring (bicyclic) bond motifs is 9. The summed E-state index contributed by atoms with van der Waals surface area (Å²) in [5.74, 6) is 1.44. The maximum Gasteiger partial charge on any atom is 0.156 e. The van der Waals surface area contributed by atoms with Crippen molar-refractivity contribution in [1.82, 2.24) is 9.47 Å². The van der Waals surface area contributed by atoms with E-state index in [1.807, 2.05) is 44.4 Å². The first kappa shape index (κ1) is 46.2. The Labute approximate surface area is 435 Å². The second-order valence-corrected chi connectivity index (χ2v) is 19.6. The highest BCUT2D eigenvalue weighted by Gasteiger charge is 2.21. The van der Waals surface area contributed by atoms with Crippen molar-refractivity contribution in [1.29, 1.82) is 0 Å². The van der Waals surface area contributed by atoms with Gasteiger partial charge in [-0.15, -0.1) is 11.3 Å². The standard InChI is InChI=1S/C66H48N4OS.C2H6/c1-67-65(68-66(69(2)42-43-17-5-3-6-18-43)49-33-37-54-53-24-11-13-29-60(53)71-61(54)41-49)45-31-35-50(36-32-45)70-59-38-34-46(44-19-7-4-8-20-44)40-58(59)56-28-16-27-51(63(56)70)47-21-15-22-48(39-47)52-23-9-10-26-57-55-25-12-14-30-62(55)72-64(52)57;1-2/h3-22,24-41H,23,42H2,1-2H3;1-2H3. The molecule has 0 aliphatic heterocycles. The molecule has 0 N–H and O–H groups in total. The number of allylic oxidation sites excluding steroid dienone is 2. The average Bonchev–Trinajstić information content (AvgIpc) is 4.08. The van der Waals surface area contributed by atoms with E-state index in [0.29, 0.717) is 12.4 Å². The molecule has 0 atom stereocenters. The number of furan rings is 1. The van der Waals surface area contributed by atoms with Crippen molar-refractivity contribution in [2.75, 3.05) is 14.1 Å². The first-order chi connectivity index (χ1) is 36.6. The van der Waals surface area contributed by atoms with Gasteiger partial charge < -0.3 is 13.9 Å². The van der Waals surface area contributed by atoms with Gasteiger partial charge in [0.15, 0.2) is 5.84 Å². The van der Waals surface area contributed by atoms with Gasteiger partial charge in [-0.05, 0) is 107 Å². The molecule has 1 aliphatic rings. The van der Waals surface area contributed by atoms with Gasteiger partial charge in [0, 0.05) is 84.4 Å². The molecule has 74 heavy (non-hydrogen) atoms. The molecule has 0 fully saturated rings. The van der Waals surface area contributed by atoms with Crippen molar-refractivity contribution in [2.45, 2.75) is 26.8 Å². The molecule has 0 spiro atoms. The molecular formula is C68H54N4OS. The molecule has 9 aromatic carbocycles. The van der Waals surface area contributed by atoms with Gasteiger partial charge in [0.1, 0.15) is 17.0 Å². The monoisotopic (exact) mass is 974 g/mol. The number of thiophene rings is 1. The lowest BCUT2D eigenvalue weighted by atomic mass is 9.96. The van der Waals surface area contributed by atoms with Crippen LogP contribution in [0.15, 0.2) is 239 Å². The predicted octanol–water partition coefficient (Wildman–Crippen LogP) is 16.2. The molecule has 3 heterocycles. The molecule has 1 aliphatic carbocycles. The molecule has 0 radical (unpaired) electrons. The third-order valence-corrected chi connectivity index (χ3v) is 15.4. The second kappa shape index (κ2) is 20.0. The highest BCUT2D eigenvalue weighted by molar-refractivity contribution is 7.17. The van der Waals surface area contributed by atoms with Crippen molar-refractivity contribution < 1.29 is 4.42 Å². The summed E-state index contributed by atoms with van der Waals surface area (Å²) in [4.78, 5) is 12.4.